The Morgan fingerprint density at radius 2 is 2.31 bits per heavy atom. The van der Waals surface area contributed by atoms with Crippen molar-refractivity contribution in [1.29, 1.82) is 0 Å². The Morgan fingerprint density at radius 3 is 2.69 bits per heavy atom. The van der Waals surface area contributed by atoms with Crippen molar-refractivity contribution in [3.8, 4) is 0 Å². The fourth-order valence-electron chi connectivity index (χ4n) is 1.57. The summed E-state index contributed by atoms with van der Waals surface area (Å²) in [5.41, 5.74) is 0. The van der Waals surface area contributed by atoms with E-state index in [2.05, 4.69) is 5.32 Å². The molecule has 1 aliphatic heterocycles. The summed E-state index contributed by atoms with van der Waals surface area (Å²) in [7, 11) is 1.77. The molecule has 1 heterocycles. The lowest BCUT2D eigenvalue weighted by Crippen LogP contribution is -2.43. The van der Waals surface area contributed by atoms with Gasteiger partial charge in [-0.25, -0.2) is 0 Å². The minimum Gasteiger partial charge on any atom is -0.332 e. The Bertz CT molecular complexity index is 228. The van der Waals surface area contributed by atoms with E-state index in [9.17, 15) is 9.59 Å². The molecule has 1 rings (SSSR count). The molecule has 2 unspecified atom stereocenters. The van der Waals surface area contributed by atoms with Gasteiger partial charge in [-0.2, -0.15) is 0 Å². The highest BCUT2D eigenvalue weighted by Gasteiger charge is 2.34. The summed E-state index contributed by atoms with van der Waals surface area (Å²) in [6, 6.07) is -0.368. The van der Waals surface area contributed by atoms with Gasteiger partial charge < -0.3 is 10.2 Å². The van der Waals surface area contributed by atoms with E-state index in [4.69, 9.17) is 0 Å². The topological polar surface area (TPSA) is 49.4 Å². The van der Waals surface area contributed by atoms with Gasteiger partial charge >= 0.3 is 0 Å². The largest absolute Gasteiger partial charge is 0.332 e. The molecule has 0 spiro atoms. The van der Waals surface area contributed by atoms with Crippen LogP contribution in [0.1, 0.15) is 20.3 Å². The molecule has 13 heavy (non-hydrogen) atoms. The lowest BCUT2D eigenvalue weighted by atomic mass is 10.2. The number of Topliss-reactive ketones (excluding diaryl/α,β-unsaturated/α-hetero) is 1. The molecule has 1 amide bonds. The van der Waals surface area contributed by atoms with Crippen molar-refractivity contribution in [2.45, 2.75) is 32.4 Å². The average Bonchev–Trinajstić information content (AvgIpc) is 2.45. The highest BCUT2D eigenvalue weighted by molar-refractivity contribution is 5.90. The summed E-state index contributed by atoms with van der Waals surface area (Å²) in [6.45, 7) is 3.98. The predicted molar refractivity (Wildman–Crippen MR) is 49.3 cm³/mol. The fourth-order valence-corrected chi connectivity index (χ4v) is 1.57. The first kappa shape index (κ1) is 10.2. The van der Waals surface area contributed by atoms with Gasteiger partial charge in [0.2, 0.25) is 5.91 Å². The lowest BCUT2D eigenvalue weighted by Gasteiger charge is -2.22. The van der Waals surface area contributed by atoms with Gasteiger partial charge in [-0.1, -0.05) is 0 Å². The third-order valence-corrected chi connectivity index (χ3v) is 2.64. The van der Waals surface area contributed by atoms with Gasteiger partial charge in [0.05, 0.1) is 12.1 Å². The van der Waals surface area contributed by atoms with Crippen molar-refractivity contribution in [2.75, 3.05) is 13.6 Å². The minimum atomic E-state index is -0.272. The second-order valence-corrected chi connectivity index (χ2v) is 3.45. The van der Waals surface area contributed by atoms with E-state index < -0.39 is 0 Å². The van der Waals surface area contributed by atoms with E-state index >= 15 is 0 Å². The zero-order valence-corrected chi connectivity index (χ0v) is 8.33. The molecule has 1 aliphatic rings. The maximum Gasteiger partial charge on any atom is 0.240 e. The summed E-state index contributed by atoms with van der Waals surface area (Å²) < 4.78 is 0. The maximum absolute atomic E-state index is 11.6. The van der Waals surface area contributed by atoms with Crippen LogP contribution in [0.25, 0.3) is 0 Å². The standard InChI is InChI=1S/C9H16N2O2/c1-6(7(2)12)11-5-4-8(10-3)9(11)13/h6,8,10H,4-5H2,1-3H3. The third-order valence-electron chi connectivity index (χ3n) is 2.64. The van der Waals surface area contributed by atoms with Crippen LogP contribution in [-0.2, 0) is 9.59 Å². The summed E-state index contributed by atoms with van der Waals surface area (Å²) in [4.78, 5) is 24.3. The molecule has 0 aromatic carbocycles. The van der Waals surface area contributed by atoms with Crippen molar-refractivity contribution in [1.82, 2.24) is 10.2 Å². The Labute approximate surface area is 78.3 Å². The predicted octanol–water partition coefficient (Wildman–Crippen LogP) is -0.216. The molecule has 0 radical (unpaired) electrons. The molecule has 4 heteroatoms. The monoisotopic (exact) mass is 184 g/mol. The van der Waals surface area contributed by atoms with Gasteiger partial charge in [0.1, 0.15) is 0 Å². The van der Waals surface area contributed by atoms with Crippen molar-refractivity contribution in [3.63, 3.8) is 0 Å². The first-order valence-corrected chi connectivity index (χ1v) is 4.56. The Hall–Kier alpha value is -0.900. The van der Waals surface area contributed by atoms with Crippen LogP contribution < -0.4 is 5.32 Å². The highest BCUT2D eigenvalue weighted by Crippen LogP contribution is 2.14. The number of nitrogens with zero attached hydrogens (tertiary/aromatic N) is 1. The van der Waals surface area contributed by atoms with Crippen LogP contribution in [0.15, 0.2) is 0 Å². The van der Waals surface area contributed by atoms with Gasteiger partial charge in [0, 0.05) is 6.54 Å². The average molecular weight is 184 g/mol. The molecule has 2 atom stereocenters. The van der Waals surface area contributed by atoms with Gasteiger partial charge in [0.25, 0.3) is 0 Å². The summed E-state index contributed by atoms with van der Waals surface area (Å²) in [5, 5.41) is 2.93. The van der Waals surface area contributed by atoms with E-state index in [0.29, 0.717) is 6.54 Å². The first-order chi connectivity index (χ1) is 6.07. The Kier molecular flexibility index (Phi) is 3.03. The van der Waals surface area contributed by atoms with Crippen LogP contribution in [-0.4, -0.2) is 42.3 Å². The molecule has 0 aromatic heterocycles. The molecule has 0 saturated carbocycles. The molecule has 1 N–H and O–H groups in total. The second-order valence-electron chi connectivity index (χ2n) is 3.45. The molecular formula is C9H16N2O2. The van der Waals surface area contributed by atoms with Gasteiger partial charge in [0.15, 0.2) is 5.78 Å². The number of hydrogen-bond acceptors (Lipinski definition) is 3. The zero-order chi connectivity index (χ0) is 10.0. The number of hydrogen-bond donors (Lipinski definition) is 1. The van der Waals surface area contributed by atoms with Crippen LogP contribution in [0.2, 0.25) is 0 Å². The molecule has 1 saturated heterocycles. The SMILES string of the molecule is CNC1CCN(C(C)C(C)=O)C1=O. The second kappa shape index (κ2) is 3.87. The van der Waals surface area contributed by atoms with Crippen molar-refractivity contribution in [3.05, 3.63) is 0 Å². The number of likely N-dealkylation sites (N-methyl/N-ethyl adjacent to an activating group) is 1. The van der Waals surface area contributed by atoms with Gasteiger partial charge in [-0.15, -0.1) is 0 Å². The smallest absolute Gasteiger partial charge is 0.240 e. The van der Waals surface area contributed by atoms with E-state index in [1.807, 2.05) is 0 Å². The van der Waals surface area contributed by atoms with Crippen molar-refractivity contribution in [2.24, 2.45) is 0 Å². The number of ketones is 1. The highest BCUT2D eigenvalue weighted by atomic mass is 16.2. The van der Waals surface area contributed by atoms with Crippen LogP contribution in [0.5, 0.6) is 0 Å². The molecule has 74 valence electrons. The van der Waals surface area contributed by atoms with E-state index in [1.165, 1.54) is 6.92 Å². The molecule has 0 bridgehead atoms. The maximum atomic E-state index is 11.6. The van der Waals surface area contributed by atoms with Crippen molar-refractivity contribution < 1.29 is 9.59 Å². The number of carbonyl (C=O) groups excluding carboxylic acids is 2. The fraction of sp³-hybridized carbons (Fsp3) is 0.778. The normalized spacial score (nSPS) is 25.0. The van der Waals surface area contributed by atoms with Crippen LogP contribution >= 0.6 is 0 Å². The van der Waals surface area contributed by atoms with Gasteiger partial charge in [-0.05, 0) is 27.3 Å². The Balaban J connectivity index is 2.64. The van der Waals surface area contributed by atoms with E-state index in [-0.39, 0.29) is 23.8 Å². The van der Waals surface area contributed by atoms with E-state index in [1.54, 1.807) is 18.9 Å². The quantitative estimate of drug-likeness (QED) is 0.660. The summed E-state index contributed by atoms with van der Waals surface area (Å²) >= 11 is 0. The zero-order valence-electron chi connectivity index (χ0n) is 8.33. The Morgan fingerprint density at radius 1 is 1.69 bits per heavy atom. The molecule has 0 aromatic rings. The number of nitrogens with one attached hydrogen (secondary N) is 1. The lowest BCUT2D eigenvalue weighted by molar-refractivity contribution is -0.136. The van der Waals surface area contributed by atoms with Gasteiger partial charge in [-0.3, -0.25) is 9.59 Å². The molecule has 4 nitrogen and oxygen atoms in total. The summed E-state index contributed by atoms with van der Waals surface area (Å²) in [6.07, 6.45) is 0.799. The van der Waals surface area contributed by atoms with Crippen molar-refractivity contribution >= 4 is 11.7 Å². The van der Waals surface area contributed by atoms with Crippen LogP contribution in [0, 0.1) is 0 Å². The first-order valence-electron chi connectivity index (χ1n) is 4.56. The number of likely N-dealkylation sites (tertiary alicyclic amines) is 1. The third kappa shape index (κ3) is 1.88. The summed E-state index contributed by atoms with van der Waals surface area (Å²) in [5.74, 6) is 0.0929. The molecule has 0 aliphatic carbocycles. The molecular weight excluding hydrogens is 168 g/mol. The molecule has 1 fully saturated rings. The number of rotatable bonds is 3. The van der Waals surface area contributed by atoms with Crippen LogP contribution in [0.4, 0.5) is 0 Å². The van der Waals surface area contributed by atoms with Crippen LogP contribution in [0.3, 0.4) is 0 Å². The minimum absolute atomic E-state index is 0.0464. The number of carbonyl (C=O) groups is 2. The number of amides is 1. The van der Waals surface area contributed by atoms with E-state index in [0.717, 1.165) is 6.42 Å².